The predicted octanol–water partition coefficient (Wildman–Crippen LogP) is 3.29. The van der Waals surface area contributed by atoms with Gasteiger partial charge in [-0.3, -0.25) is 4.90 Å². The summed E-state index contributed by atoms with van der Waals surface area (Å²) in [5.74, 6) is 1.50. The molecule has 2 aromatic carbocycles. The zero-order chi connectivity index (χ0) is 19.2. The average Bonchev–Trinajstić information content (AvgIpc) is 2.68. The van der Waals surface area contributed by atoms with E-state index in [0.717, 1.165) is 36.6 Å². The molecule has 1 aliphatic heterocycles. The largest absolute Gasteiger partial charge is 0.493 e. The molecule has 146 valence electrons. The minimum Gasteiger partial charge on any atom is -0.493 e. The maximum absolute atomic E-state index is 10.3. The van der Waals surface area contributed by atoms with E-state index in [0.29, 0.717) is 24.8 Å². The van der Waals surface area contributed by atoms with Crippen molar-refractivity contribution in [1.29, 1.82) is 0 Å². The van der Waals surface area contributed by atoms with Gasteiger partial charge < -0.3 is 19.3 Å². The van der Waals surface area contributed by atoms with E-state index in [2.05, 4.69) is 11.0 Å². The number of nitrogens with zero attached hydrogens (tertiary/aromatic N) is 1. The molecule has 0 saturated carbocycles. The number of fused-ring (bicyclic) bond motifs is 1. The Labute approximate surface area is 165 Å². The second kappa shape index (κ2) is 9.42. The third-order valence-corrected chi connectivity index (χ3v) is 5.01. The molecule has 1 aliphatic rings. The number of benzene rings is 2. The highest BCUT2D eigenvalue weighted by atomic mass is 35.5. The van der Waals surface area contributed by atoms with E-state index in [1.807, 2.05) is 30.3 Å². The molecule has 0 amide bonds. The van der Waals surface area contributed by atoms with Crippen LogP contribution in [0, 0.1) is 0 Å². The Morgan fingerprint density at radius 3 is 2.41 bits per heavy atom. The minimum absolute atomic E-state index is 0.303. The molecular weight excluding hydrogens is 366 g/mol. The van der Waals surface area contributed by atoms with Crippen molar-refractivity contribution in [2.45, 2.75) is 25.7 Å². The third kappa shape index (κ3) is 5.36. The highest BCUT2D eigenvalue weighted by Crippen LogP contribution is 2.33. The summed E-state index contributed by atoms with van der Waals surface area (Å²) in [5, 5.41) is 11.0. The SMILES string of the molecule is COc1cc2c(cc1OC)CN(CC(O)COCc1ccc(Cl)cc1)CC2. The molecule has 1 atom stereocenters. The average molecular weight is 392 g/mol. The Bertz CT molecular complexity index is 751. The second-order valence-electron chi connectivity index (χ2n) is 6.76. The smallest absolute Gasteiger partial charge is 0.161 e. The van der Waals surface area contributed by atoms with Crippen molar-refractivity contribution >= 4 is 11.6 Å². The van der Waals surface area contributed by atoms with Gasteiger partial charge in [0.15, 0.2) is 11.5 Å². The van der Waals surface area contributed by atoms with Crippen LogP contribution in [-0.4, -0.2) is 50.0 Å². The summed E-state index contributed by atoms with van der Waals surface area (Å²) < 4.78 is 16.4. The highest BCUT2D eigenvalue weighted by molar-refractivity contribution is 6.30. The third-order valence-electron chi connectivity index (χ3n) is 4.76. The van der Waals surface area contributed by atoms with Gasteiger partial charge in [0.1, 0.15) is 0 Å². The molecule has 6 heteroatoms. The van der Waals surface area contributed by atoms with E-state index >= 15 is 0 Å². The summed E-state index contributed by atoms with van der Waals surface area (Å²) in [6, 6.07) is 11.6. The fraction of sp³-hybridized carbons (Fsp3) is 0.429. The van der Waals surface area contributed by atoms with Crippen LogP contribution in [0.4, 0.5) is 0 Å². The van der Waals surface area contributed by atoms with Gasteiger partial charge in [0.2, 0.25) is 0 Å². The predicted molar refractivity (Wildman–Crippen MR) is 106 cm³/mol. The van der Waals surface area contributed by atoms with E-state index < -0.39 is 6.10 Å². The molecule has 1 heterocycles. The van der Waals surface area contributed by atoms with Gasteiger partial charge in [0.25, 0.3) is 0 Å². The fourth-order valence-electron chi connectivity index (χ4n) is 3.34. The molecule has 0 radical (unpaired) electrons. The fourth-order valence-corrected chi connectivity index (χ4v) is 3.47. The van der Waals surface area contributed by atoms with Crippen LogP contribution in [0.25, 0.3) is 0 Å². The molecule has 27 heavy (non-hydrogen) atoms. The van der Waals surface area contributed by atoms with Crippen LogP contribution >= 0.6 is 11.6 Å². The number of hydrogen-bond donors (Lipinski definition) is 1. The van der Waals surface area contributed by atoms with Gasteiger partial charge in [-0.25, -0.2) is 0 Å². The molecule has 1 N–H and O–H groups in total. The van der Waals surface area contributed by atoms with E-state index in [9.17, 15) is 5.11 Å². The standard InChI is InChI=1S/C21H26ClNO4/c1-25-20-9-16-7-8-23(11-17(16)10-21(20)26-2)12-19(24)14-27-13-15-3-5-18(22)6-4-15/h3-6,9-10,19,24H,7-8,11-14H2,1-2H3. The summed E-state index contributed by atoms with van der Waals surface area (Å²) in [4.78, 5) is 2.24. The normalized spacial score (nSPS) is 15.3. The summed E-state index contributed by atoms with van der Waals surface area (Å²) in [6.45, 7) is 3.03. The van der Waals surface area contributed by atoms with Crippen molar-refractivity contribution in [2.75, 3.05) is 33.9 Å². The lowest BCUT2D eigenvalue weighted by Gasteiger charge is -2.31. The summed E-state index contributed by atoms with van der Waals surface area (Å²) in [5.41, 5.74) is 3.53. The molecule has 5 nitrogen and oxygen atoms in total. The molecule has 2 aromatic rings. The zero-order valence-electron chi connectivity index (χ0n) is 15.8. The number of hydrogen-bond acceptors (Lipinski definition) is 5. The molecule has 0 aliphatic carbocycles. The van der Waals surface area contributed by atoms with Gasteiger partial charge in [0.05, 0.1) is 33.5 Å². The van der Waals surface area contributed by atoms with Crippen LogP contribution in [0.3, 0.4) is 0 Å². The van der Waals surface area contributed by atoms with Gasteiger partial charge >= 0.3 is 0 Å². The lowest BCUT2D eigenvalue weighted by atomic mass is 9.98. The van der Waals surface area contributed by atoms with Crippen molar-refractivity contribution in [2.24, 2.45) is 0 Å². The van der Waals surface area contributed by atoms with E-state index in [1.54, 1.807) is 14.2 Å². The Hall–Kier alpha value is -1.79. The van der Waals surface area contributed by atoms with Gasteiger partial charge in [-0.2, -0.15) is 0 Å². The van der Waals surface area contributed by atoms with Crippen LogP contribution in [0.1, 0.15) is 16.7 Å². The van der Waals surface area contributed by atoms with E-state index in [-0.39, 0.29) is 0 Å². The molecule has 0 spiro atoms. The summed E-state index contributed by atoms with van der Waals surface area (Å²) >= 11 is 5.88. The molecular formula is C21H26ClNO4. The first-order valence-electron chi connectivity index (χ1n) is 9.05. The number of aliphatic hydroxyl groups is 1. The summed E-state index contributed by atoms with van der Waals surface area (Å²) in [7, 11) is 3.30. The van der Waals surface area contributed by atoms with Crippen LogP contribution in [0.5, 0.6) is 11.5 Å². The Morgan fingerprint density at radius 1 is 1.07 bits per heavy atom. The second-order valence-corrected chi connectivity index (χ2v) is 7.19. The topological polar surface area (TPSA) is 51.2 Å². The van der Waals surface area contributed by atoms with Gasteiger partial charge in [-0.15, -0.1) is 0 Å². The Morgan fingerprint density at radius 2 is 1.74 bits per heavy atom. The summed E-state index contributed by atoms with van der Waals surface area (Å²) in [6.07, 6.45) is 0.396. The van der Waals surface area contributed by atoms with Crippen LogP contribution in [0.2, 0.25) is 5.02 Å². The highest BCUT2D eigenvalue weighted by Gasteiger charge is 2.21. The first-order chi connectivity index (χ1) is 13.1. The maximum Gasteiger partial charge on any atom is 0.161 e. The molecule has 0 bridgehead atoms. The first-order valence-corrected chi connectivity index (χ1v) is 9.43. The monoisotopic (exact) mass is 391 g/mol. The van der Waals surface area contributed by atoms with Crippen LogP contribution < -0.4 is 9.47 Å². The van der Waals surface area contributed by atoms with Gasteiger partial charge in [-0.1, -0.05) is 23.7 Å². The maximum atomic E-state index is 10.3. The number of ether oxygens (including phenoxy) is 3. The van der Waals surface area contributed by atoms with E-state index in [1.165, 1.54) is 11.1 Å². The lowest BCUT2D eigenvalue weighted by molar-refractivity contribution is 0.00772. The van der Waals surface area contributed by atoms with Crippen molar-refractivity contribution in [3.63, 3.8) is 0 Å². The Balaban J connectivity index is 1.49. The molecule has 3 rings (SSSR count). The lowest BCUT2D eigenvalue weighted by Crippen LogP contribution is -2.38. The number of methoxy groups -OCH3 is 2. The molecule has 0 fully saturated rings. The molecule has 0 aromatic heterocycles. The Kier molecular flexibility index (Phi) is 6.96. The zero-order valence-corrected chi connectivity index (χ0v) is 16.5. The van der Waals surface area contributed by atoms with Crippen molar-refractivity contribution in [1.82, 2.24) is 4.90 Å². The minimum atomic E-state index is -0.529. The number of rotatable bonds is 8. The van der Waals surface area contributed by atoms with E-state index in [4.69, 9.17) is 25.8 Å². The number of aliphatic hydroxyl groups excluding tert-OH is 1. The van der Waals surface area contributed by atoms with Crippen LogP contribution in [-0.2, 0) is 24.3 Å². The van der Waals surface area contributed by atoms with Crippen molar-refractivity contribution < 1.29 is 19.3 Å². The van der Waals surface area contributed by atoms with Gasteiger partial charge in [0, 0.05) is 24.7 Å². The van der Waals surface area contributed by atoms with Crippen LogP contribution in [0.15, 0.2) is 36.4 Å². The van der Waals surface area contributed by atoms with Crippen molar-refractivity contribution in [3.8, 4) is 11.5 Å². The number of halogens is 1. The van der Waals surface area contributed by atoms with Gasteiger partial charge in [-0.05, 0) is 47.4 Å². The first kappa shape index (κ1) is 20.0. The molecule has 0 saturated heterocycles. The molecule has 1 unspecified atom stereocenters. The number of β-amino-alcohol motifs (C(OH)–C–C–N with tert-alkyl or cyclic N) is 1. The van der Waals surface area contributed by atoms with Crippen molar-refractivity contribution in [3.05, 3.63) is 58.1 Å². The quantitative estimate of drug-likeness (QED) is 0.748.